The van der Waals surface area contributed by atoms with Gasteiger partial charge in [0.15, 0.2) is 0 Å². The number of benzene rings is 1. The lowest BCUT2D eigenvalue weighted by molar-refractivity contribution is 0.675. The van der Waals surface area contributed by atoms with Crippen molar-refractivity contribution in [3.63, 3.8) is 0 Å². The molecule has 0 fully saturated rings. The molecule has 1 rings (SSSR count). The molecule has 1 heteroatoms. The normalized spacial score (nSPS) is 10.9. The van der Waals surface area contributed by atoms with E-state index in [1.54, 1.807) is 0 Å². The van der Waals surface area contributed by atoms with Gasteiger partial charge in [-0.1, -0.05) is 63.1 Å². The molecule has 0 amide bonds. The van der Waals surface area contributed by atoms with Crippen molar-refractivity contribution in [3.8, 4) is 0 Å². The Hall–Kier alpha value is -1.37. The summed E-state index contributed by atoms with van der Waals surface area (Å²) in [7, 11) is 0. The second kappa shape index (κ2) is 8.74. The summed E-state index contributed by atoms with van der Waals surface area (Å²) in [4.78, 5) is 4.44. The van der Waals surface area contributed by atoms with Crippen molar-refractivity contribution in [1.29, 1.82) is 0 Å². The van der Waals surface area contributed by atoms with Crippen LogP contribution in [-0.4, -0.2) is 12.8 Å². The van der Waals surface area contributed by atoms with E-state index in [1.165, 1.54) is 36.8 Å². The molecule has 0 saturated carbocycles. The summed E-state index contributed by atoms with van der Waals surface area (Å²) in [6.45, 7) is 6.98. The SMILES string of the molecule is C=Cc1cccc(CC=NCCCCCC)c1. The molecule has 0 unspecified atom stereocenters. The number of hydrogen-bond donors (Lipinski definition) is 0. The van der Waals surface area contributed by atoms with Crippen LogP contribution in [-0.2, 0) is 6.42 Å². The lowest BCUT2D eigenvalue weighted by Gasteiger charge is -1.98. The average molecular weight is 229 g/mol. The number of hydrogen-bond acceptors (Lipinski definition) is 1. The summed E-state index contributed by atoms with van der Waals surface area (Å²) in [6.07, 6.45) is 9.99. The standard InChI is InChI=1S/C16H23N/c1-3-5-6-7-12-17-13-11-16-10-8-9-15(4-2)14-16/h4,8-10,13-14H,2-3,5-7,11-12H2,1H3. The fraction of sp³-hybridized carbons (Fsp3) is 0.438. The summed E-state index contributed by atoms with van der Waals surface area (Å²) in [5.74, 6) is 0. The van der Waals surface area contributed by atoms with Gasteiger partial charge in [-0.25, -0.2) is 0 Å². The van der Waals surface area contributed by atoms with Gasteiger partial charge in [-0.05, 0) is 17.5 Å². The van der Waals surface area contributed by atoms with Crippen molar-refractivity contribution in [1.82, 2.24) is 0 Å². The molecule has 1 nitrogen and oxygen atoms in total. The summed E-state index contributed by atoms with van der Waals surface area (Å²) in [5.41, 5.74) is 2.48. The predicted octanol–water partition coefficient (Wildman–Crippen LogP) is 4.52. The van der Waals surface area contributed by atoms with E-state index in [0.29, 0.717) is 0 Å². The Labute approximate surface area is 105 Å². The van der Waals surface area contributed by atoms with Gasteiger partial charge in [0.1, 0.15) is 0 Å². The van der Waals surface area contributed by atoms with Gasteiger partial charge in [0.25, 0.3) is 0 Å². The largest absolute Gasteiger partial charge is 0.297 e. The molecule has 0 bridgehead atoms. The van der Waals surface area contributed by atoms with E-state index < -0.39 is 0 Å². The molecule has 0 aliphatic carbocycles. The molecule has 0 atom stereocenters. The highest BCUT2D eigenvalue weighted by Crippen LogP contribution is 2.06. The van der Waals surface area contributed by atoms with Crippen LogP contribution >= 0.6 is 0 Å². The zero-order chi connectivity index (χ0) is 12.3. The highest BCUT2D eigenvalue weighted by atomic mass is 14.7. The Balaban J connectivity index is 2.24. The Morgan fingerprint density at radius 1 is 1.24 bits per heavy atom. The van der Waals surface area contributed by atoms with E-state index in [1.807, 2.05) is 12.3 Å². The van der Waals surface area contributed by atoms with E-state index in [0.717, 1.165) is 13.0 Å². The van der Waals surface area contributed by atoms with Crippen molar-refractivity contribution >= 4 is 12.3 Å². The van der Waals surface area contributed by atoms with Gasteiger partial charge >= 0.3 is 0 Å². The van der Waals surface area contributed by atoms with Crippen LogP contribution in [0.5, 0.6) is 0 Å². The van der Waals surface area contributed by atoms with Gasteiger partial charge < -0.3 is 0 Å². The number of aliphatic imine (C=N–C) groups is 1. The van der Waals surface area contributed by atoms with Crippen molar-refractivity contribution < 1.29 is 0 Å². The molecule has 0 N–H and O–H groups in total. The van der Waals surface area contributed by atoms with Crippen LogP contribution in [0.4, 0.5) is 0 Å². The Bertz CT molecular complexity index is 352. The predicted molar refractivity (Wildman–Crippen MR) is 77.7 cm³/mol. The van der Waals surface area contributed by atoms with Gasteiger partial charge in [0, 0.05) is 19.2 Å². The fourth-order valence-electron chi connectivity index (χ4n) is 1.74. The molecule has 1 aromatic rings. The van der Waals surface area contributed by atoms with Crippen molar-refractivity contribution in [2.75, 3.05) is 6.54 Å². The van der Waals surface area contributed by atoms with E-state index in [2.05, 4.69) is 42.8 Å². The van der Waals surface area contributed by atoms with Gasteiger partial charge in [0.05, 0.1) is 0 Å². The molecule has 92 valence electrons. The molecule has 0 heterocycles. The quantitative estimate of drug-likeness (QED) is 0.459. The summed E-state index contributed by atoms with van der Waals surface area (Å²) in [5, 5.41) is 0. The molecule has 0 radical (unpaired) electrons. The third-order valence-electron chi connectivity index (χ3n) is 2.78. The van der Waals surface area contributed by atoms with Crippen molar-refractivity contribution in [3.05, 3.63) is 42.0 Å². The minimum absolute atomic E-state index is 0.926. The first kappa shape index (κ1) is 13.7. The molecule has 0 aliphatic rings. The van der Waals surface area contributed by atoms with Crippen LogP contribution in [0.2, 0.25) is 0 Å². The lowest BCUT2D eigenvalue weighted by atomic mass is 10.1. The highest BCUT2D eigenvalue weighted by Gasteiger charge is 1.91. The molecule has 0 aromatic heterocycles. The summed E-state index contributed by atoms with van der Waals surface area (Å²) >= 11 is 0. The smallest absolute Gasteiger partial charge is 0.0385 e. The molecule has 0 saturated heterocycles. The lowest BCUT2D eigenvalue weighted by Crippen LogP contribution is -1.89. The number of rotatable bonds is 8. The van der Waals surface area contributed by atoms with E-state index >= 15 is 0 Å². The first-order valence-corrected chi connectivity index (χ1v) is 6.56. The van der Waals surface area contributed by atoms with E-state index in [9.17, 15) is 0 Å². The maximum atomic E-state index is 4.44. The fourth-order valence-corrected chi connectivity index (χ4v) is 1.74. The van der Waals surface area contributed by atoms with Crippen LogP contribution in [0.3, 0.4) is 0 Å². The van der Waals surface area contributed by atoms with Gasteiger partial charge in [0.2, 0.25) is 0 Å². The van der Waals surface area contributed by atoms with E-state index in [4.69, 9.17) is 0 Å². The first-order valence-electron chi connectivity index (χ1n) is 6.56. The third kappa shape index (κ3) is 6.06. The average Bonchev–Trinajstić information content (AvgIpc) is 2.38. The molecular formula is C16H23N. The Morgan fingerprint density at radius 3 is 2.88 bits per heavy atom. The zero-order valence-corrected chi connectivity index (χ0v) is 10.9. The number of unbranched alkanes of at least 4 members (excludes halogenated alkanes) is 3. The third-order valence-corrected chi connectivity index (χ3v) is 2.78. The second-order valence-electron chi connectivity index (χ2n) is 4.30. The minimum Gasteiger partial charge on any atom is -0.297 e. The number of nitrogens with zero attached hydrogens (tertiary/aromatic N) is 1. The van der Waals surface area contributed by atoms with Crippen molar-refractivity contribution in [2.24, 2.45) is 4.99 Å². The van der Waals surface area contributed by atoms with Crippen LogP contribution in [0.1, 0.15) is 43.7 Å². The van der Waals surface area contributed by atoms with Gasteiger partial charge in [-0.2, -0.15) is 0 Å². The van der Waals surface area contributed by atoms with Gasteiger partial charge in [-0.3, -0.25) is 4.99 Å². The van der Waals surface area contributed by atoms with Crippen LogP contribution in [0, 0.1) is 0 Å². The zero-order valence-electron chi connectivity index (χ0n) is 10.9. The topological polar surface area (TPSA) is 12.4 Å². The van der Waals surface area contributed by atoms with Crippen molar-refractivity contribution in [2.45, 2.75) is 39.0 Å². The van der Waals surface area contributed by atoms with Gasteiger partial charge in [-0.15, -0.1) is 0 Å². The molecule has 17 heavy (non-hydrogen) atoms. The maximum Gasteiger partial charge on any atom is 0.0385 e. The monoisotopic (exact) mass is 229 g/mol. The maximum absolute atomic E-state index is 4.44. The molecule has 0 spiro atoms. The first-order chi connectivity index (χ1) is 8.36. The Morgan fingerprint density at radius 2 is 2.12 bits per heavy atom. The summed E-state index contributed by atoms with van der Waals surface area (Å²) < 4.78 is 0. The summed E-state index contributed by atoms with van der Waals surface area (Å²) in [6, 6.07) is 8.44. The molecular weight excluding hydrogens is 206 g/mol. The van der Waals surface area contributed by atoms with E-state index in [-0.39, 0.29) is 0 Å². The van der Waals surface area contributed by atoms with Crippen LogP contribution in [0.15, 0.2) is 35.8 Å². The van der Waals surface area contributed by atoms with Crippen LogP contribution < -0.4 is 0 Å². The highest BCUT2D eigenvalue weighted by molar-refractivity contribution is 5.62. The Kier molecular flexibility index (Phi) is 7.04. The molecule has 1 aromatic carbocycles. The van der Waals surface area contributed by atoms with Crippen LogP contribution in [0.25, 0.3) is 6.08 Å². The minimum atomic E-state index is 0.926. The second-order valence-corrected chi connectivity index (χ2v) is 4.30. The molecule has 0 aliphatic heterocycles.